The maximum atomic E-state index is 12.8. The van der Waals surface area contributed by atoms with E-state index in [1.807, 2.05) is 13.8 Å². The number of aryl methyl sites for hydroxylation is 1. The van der Waals surface area contributed by atoms with Crippen molar-refractivity contribution in [3.05, 3.63) is 41.7 Å². The second kappa shape index (κ2) is 3.53. The quantitative estimate of drug-likeness (QED) is 0.627. The van der Waals surface area contributed by atoms with E-state index in [4.69, 9.17) is 0 Å². The van der Waals surface area contributed by atoms with Gasteiger partial charge in [0.15, 0.2) is 0 Å². The number of hydrogen-bond acceptors (Lipinski definition) is 0. The molecule has 12 heavy (non-hydrogen) atoms. The summed E-state index contributed by atoms with van der Waals surface area (Å²) in [5.41, 5.74) is 3.02. The van der Waals surface area contributed by atoms with Crippen LogP contribution in [0.5, 0.6) is 0 Å². The smallest absolute Gasteiger partial charge is 0.123 e. The van der Waals surface area contributed by atoms with Crippen molar-refractivity contribution in [2.24, 2.45) is 0 Å². The largest absolute Gasteiger partial charge is 0.207 e. The van der Waals surface area contributed by atoms with Crippen molar-refractivity contribution in [2.45, 2.75) is 20.3 Å². The van der Waals surface area contributed by atoms with Crippen molar-refractivity contribution in [1.82, 2.24) is 0 Å². The van der Waals surface area contributed by atoms with Crippen molar-refractivity contribution in [2.75, 3.05) is 0 Å². The van der Waals surface area contributed by atoms with Crippen LogP contribution in [0.1, 0.15) is 24.5 Å². The van der Waals surface area contributed by atoms with Crippen molar-refractivity contribution in [1.29, 1.82) is 0 Å². The molecule has 0 amide bonds. The first kappa shape index (κ1) is 8.98. The molecule has 0 aliphatic carbocycles. The predicted octanol–water partition coefficient (Wildman–Crippen LogP) is 3.56. The normalized spacial score (nSPS) is 9.92. The molecule has 1 rings (SSSR count). The summed E-state index contributed by atoms with van der Waals surface area (Å²) in [4.78, 5) is 0. The summed E-state index contributed by atoms with van der Waals surface area (Å²) in [7, 11) is 0. The average Bonchev–Trinajstić information content (AvgIpc) is 2.08. The van der Waals surface area contributed by atoms with E-state index in [1.54, 1.807) is 12.1 Å². The molecule has 0 aliphatic rings. The van der Waals surface area contributed by atoms with Crippen LogP contribution in [-0.4, -0.2) is 0 Å². The minimum absolute atomic E-state index is 0.190. The summed E-state index contributed by atoms with van der Waals surface area (Å²) in [6.07, 6.45) is 0.865. The maximum Gasteiger partial charge on any atom is 0.123 e. The Kier molecular flexibility index (Phi) is 2.64. The van der Waals surface area contributed by atoms with Crippen LogP contribution in [0.4, 0.5) is 4.39 Å². The fourth-order valence-corrected chi connectivity index (χ4v) is 1.17. The molecule has 0 radical (unpaired) electrons. The van der Waals surface area contributed by atoms with E-state index in [2.05, 4.69) is 6.58 Å². The molecular weight excluding hydrogens is 151 g/mol. The fraction of sp³-hybridized carbons (Fsp3) is 0.273. The lowest BCUT2D eigenvalue weighted by Crippen LogP contribution is -1.88. The first-order chi connectivity index (χ1) is 5.65. The summed E-state index contributed by atoms with van der Waals surface area (Å²) in [6, 6.07) is 4.80. The molecule has 0 saturated heterocycles. The number of hydrogen-bond donors (Lipinski definition) is 0. The minimum Gasteiger partial charge on any atom is -0.207 e. The lowest BCUT2D eigenvalue weighted by molar-refractivity contribution is 0.627. The molecule has 0 nitrogen and oxygen atoms in total. The maximum absolute atomic E-state index is 12.8. The van der Waals surface area contributed by atoms with Gasteiger partial charge in [0, 0.05) is 0 Å². The van der Waals surface area contributed by atoms with Crippen molar-refractivity contribution in [3.8, 4) is 0 Å². The van der Waals surface area contributed by atoms with Crippen LogP contribution in [0.3, 0.4) is 0 Å². The highest BCUT2D eigenvalue weighted by Crippen LogP contribution is 2.20. The Morgan fingerprint density at radius 3 is 2.75 bits per heavy atom. The van der Waals surface area contributed by atoms with Gasteiger partial charge in [0.25, 0.3) is 0 Å². The van der Waals surface area contributed by atoms with Crippen LogP contribution >= 0.6 is 0 Å². The number of benzene rings is 1. The highest BCUT2D eigenvalue weighted by Gasteiger charge is 2.01. The van der Waals surface area contributed by atoms with E-state index in [1.165, 1.54) is 6.07 Å². The second-order valence-electron chi connectivity index (χ2n) is 2.92. The number of rotatable bonds is 2. The molecule has 0 saturated carbocycles. The molecule has 0 fully saturated rings. The zero-order valence-electron chi connectivity index (χ0n) is 7.52. The third kappa shape index (κ3) is 1.73. The summed E-state index contributed by atoms with van der Waals surface area (Å²) < 4.78 is 12.8. The SMILES string of the molecule is C=C(CC)c1cc(F)ccc1C. The molecule has 0 atom stereocenters. The molecule has 0 N–H and O–H groups in total. The molecule has 1 aromatic carbocycles. The van der Waals surface area contributed by atoms with Crippen molar-refractivity contribution < 1.29 is 4.39 Å². The van der Waals surface area contributed by atoms with Gasteiger partial charge in [0.1, 0.15) is 5.82 Å². The van der Waals surface area contributed by atoms with E-state index in [0.717, 1.165) is 23.1 Å². The van der Waals surface area contributed by atoms with Gasteiger partial charge in [-0.1, -0.05) is 19.6 Å². The molecule has 0 unspecified atom stereocenters. The van der Waals surface area contributed by atoms with Crippen LogP contribution in [0.25, 0.3) is 5.57 Å². The monoisotopic (exact) mass is 164 g/mol. The zero-order valence-corrected chi connectivity index (χ0v) is 7.52. The van der Waals surface area contributed by atoms with Gasteiger partial charge in [-0.15, -0.1) is 0 Å². The zero-order chi connectivity index (χ0) is 9.14. The van der Waals surface area contributed by atoms with Crippen LogP contribution in [0, 0.1) is 12.7 Å². The molecular formula is C11H13F. The molecule has 0 aliphatic heterocycles. The summed E-state index contributed by atoms with van der Waals surface area (Å²) in [5.74, 6) is -0.190. The van der Waals surface area contributed by atoms with Gasteiger partial charge in [-0.3, -0.25) is 0 Å². The second-order valence-corrected chi connectivity index (χ2v) is 2.92. The fourth-order valence-electron chi connectivity index (χ4n) is 1.17. The third-order valence-corrected chi connectivity index (χ3v) is 2.01. The van der Waals surface area contributed by atoms with Gasteiger partial charge in [-0.2, -0.15) is 0 Å². The van der Waals surface area contributed by atoms with E-state index in [-0.39, 0.29) is 5.82 Å². The van der Waals surface area contributed by atoms with Crippen molar-refractivity contribution in [3.63, 3.8) is 0 Å². The van der Waals surface area contributed by atoms with Gasteiger partial charge in [-0.05, 0) is 42.2 Å². The minimum atomic E-state index is -0.190. The molecule has 0 heterocycles. The van der Waals surface area contributed by atoms with Crippen LogP contribution < -0.4 is 0 Å². The summed E-state index contributed by atoms with van der Waals surface area (Å²) in [6.45, 7) is 7.87. The predicted molar refractivity (Wildman–Crippen MR) is 50.5 cm³/mol. The first-order valence-electron chi connectivity index (χ1n) is 4.09. The highest BCUT2D eigenvalue weighted by molar-refractivity contribution is 5.65. The van der Waals surface area contributed by atoms with Gasteiger partial charge in [-0.25, -0.2) is 4.39 Å². The average molecular weight is 164 g/mol. The van der Waals surface area contributed by atoms with E-state index >= 15 is 0 Å². The Bertz CT molecular complexity index is 300. The Balaban J connectivity index is 3.13. The Labute approximate surface area is 72.7 Å². The van der Waals surface area contributed by atoms with Gasteiger partial charge < -0.3 is 0 Å². The Morgan fingerprint density at radius 1 is 1.50 bits per heavy atom. The van der Waals surface area contributed by atoms with Crippen LogP contribution in [0.15, 0.2) is 24.8 Å². The van der Waals surface area contributed by atoms with E-state index in [0.29, 0.717) is 0 Å². The lowest BCUT2D eigenvalue weighted by Gasteiger charge is -2.06. The van der Waals surface area contributed by atoms with Gasteiger partial charge in [0.05, 0.1) is 0 Å². The number of halogens is 1. The van der Waals surface area contributed by atoms with Crippen LogP contribution in [-0.2, 0) is 0 Å². The summed E-state index contributed by atoms with van der Waals surface area (Å²) in [5, 5.41) is 0. The van der Waals surface area contributed by atoms with Crippen LogP contribution in [0.2, 0.25) is 0 Å². The molecule has 0 bridgehead atoms. The topological polar surface area (TPSA) is 0 Å². The summed E-state index contributed by atoms with van der Waals surface area (Å²) >= 11 is 0. The standard InChI is InChI=1S/C11H13F/c1-4-8(2)11-7-10(12)6-5-9(11)3/h5-7H,2,4H2,1,3H3. The lowest BCUT2D eigenvalue weighted by atomic mass is 10.0. The van der Waals surface area contributed by atoms with E-state index in [9.17, 15) is 4.39 Å². The Hall–Kier alpha value is -1.11. The molecule has 1 heteroatoms. The van der Waals surface area contributed by atoms with Crippen molar-refractivity contribution >= 4 is 5.57 Å². The first-order valence-corrected chi connectivity index (χ1v) is 4.09. The molecule has 64 valence electrons. The molecule has 1 aromatic rings. The number of allylic oxidation sites excluding steroid dienone is 1. The highest BCUT2D eigenvalue weighted by atomic mass is 19.1. The molecule has 0 aromatic heterocycles. The Morgan fingerprint density at radius 2 is 2.17 bits per heavy atom. The molecule has 0 spiro atoms. The van der Waals surface area contributed by atoms with E-state index < -0.39 is 0 Å². The third-order valence-electron chi connectivity index (χ3n) is 2.01. The van der Waals surface area contributed by atoms with Gasteiger partial charge in [0.2, 0.25) is 0 Å². The van der Waals surface area contributed by atoms with Gasteiger partial charge >= 0.3 is 0 Å².